The molecule has 1 aromatic heterocycles. The van der Waals surface area contributed by atoms with E-state index in [2.05, 4.69) is 35.5 Å². The van der Waals surface area contributed by atoms with Gasteiger partial charge in [-0.25, -0.2) is 0 Å². The lowest BCUT2D eigenvalue weighted by atomic mass is 10.0. The molecule has 0 bridgehead atoms. The minimum absolute atomic E-state index is 0.0214. The van der Waals surface area contributed by atoms with Crippen LogP contribution in [0.3, 0.4) is 0 Å². The summed E-state index contributed by atoms with van der Waals surface area (Å²) in [5.74, 6) is 0.432. The third-order valence-corrected chi connectivity index (χ3v) is 4.70. The fourth-order valence-electron chi connectivity index (χ4n) is 2.58. The summed E-state index contributed by atoms with van der Waals surface area (Å²) in [5.41, 5.74) is 7.31. The molecule has 1 aromatic rings. The average molecular weight is 295 g/mol. The number of nitrogens with zero attached hydrogens (tertiary/aromatic N) is 1. The molecule has 0 aliphatic carbocycles. The average Bonchev–Trinajstić information content (AvgIpc) is 2.85. The zero-order chi connectivity index (χ0) is 14.5. The van der Waals surface area contributed by atoms with Crippen molar-refractivity contribution in [1.82, 2.24) is 10.2 Å². The fourth-order valence-corrected chi connectivity index (χ4v) is 3.47. The normalized spacial score (nSPS) is 17.0. The first-order valence-electron chi connectivity index (χ1n) is 7.37. The monoisotopic (exact) mass is 295 g/mol. The molecule has 20 heavy (non-hydrogen) atoms. The van der Waals surface area contributed by atoms with Gasteiger partial charge in [-0.15, -0.1) is 11.3 Å². The quantitative estimate of drug-likeness (QED) is 0.838. The van der Waals surface area contributed by atoms with Crippen molar-refractivity contribution in [3.8, 4) is 0 Å². The second-order valence-electron chi connectivity index (χ2n) is 5.92. The molecule has 1 amide bonds. The van der Waals surface area contributed by atoms with Crippen LogP contribution in [0, 0.1) is 5.92 Å². The largest absolute Gasteiger partial charge is 0.353 e. The smallest absolute Gasteiger partial charge is 0.236 e. The Balaban J connectivity index is 1.68. The van der Waals surface area contributed by atoms with E-state index in [4.69, 9.17) is 5.73 Å². The molecule has 4 nitrogen and oxygen atoms in total. The number of carbonyl (C=O) groups is 1. The maximum atomic E-state index is 11.8. The van der Waals surface area contributed by atoms with Gasteiger partial charge in [-0.2, -0.15) is 0 Å². The van der Waals surface area contributed by atoms with Gasteiger partial charge in [0.1, 0.15) is 0 Å². The van der Waals surface area contributed by atoms with Gasteiger partial charge in [-0.3, -0.25) is 9.69 Å². The summed E-state index contributed by atoms with van der Waals surface area (Å²) in [5, 5.41) is 5.12. The van der Waals surface area contributed by atoms with Crippen molar-refractivity contribution < 1.29 is 4.79 Å². The number of fused-ring (bicyclic) bond motifs is 1. The molecule has 112 valence electrons. The van der Waals surface area contributed by atoms with E-state index >= 15 is 0 Å². The predicted molar refractivity (Wildman–Crippen MR) is 83.7 cm³/mol. The Labute approximate surface area is 125 Å². The molecule has 0 unspecified atom stereocenters. The van der Waals surface area contributed by atoms with Crippen LogP contribution in [0.2, 0.25) is 0 Å². The molecule has 1 aliphatic rings. The van der Waals surface area contributed by atoms with Crippen LogP contribution in [0.15, 0.2) is 11.4 Å². The van der Waals surface area contributed by atoms with Gasteiger partial charge in [-0.1, -0.05) is 13.8 Å². The number of rotatable bonds is 6. The molecule has 2 heterocycles. The van der Waals surface area contributed by atoms with Crippen molar-refractivity contribution >= 4 is 17.2 Å². The zero-order valence-electron chi connectivity index (χ0n) is 12.4. The summed E-state index contributed by atoms with van der Waals surface area (Å²) in [7, 11) is 0. The molecule has 0 aromatic carbocycles. The Morgan fingerprint density at radius 3 is 3.10 bits per heavy atom. The van der Waals surface area contributed by atoms with E-state index in [1.54, 1.807) is 0 Å². The highest BCUT2D eigenvalue weighted by Gasteiger charge is 2.18. The van der Waals surface area contributed by atoms with Crippen molar-refractivity contribution in [3.63, 3.8) is 0 Å². The summed E-state index contributed by atoms with van der Waals surface area (Å²) in [6.07, 6.45) is 1.88. The number of hydrogen-bond donors (Lipinski definition) is 2. The molecule has 0 radical (unpaired) electrons. The number of carbonyl (C=O) groups excluding carboxylic acids is 1. The third kappa shape index (κ3) is 4.30. The van der Waals surface area contributed by atoms with Gasteiger partial charge >= 0.3 is 0 Å². The Morgan fingerprint density at radius 1 is 1.55 bits per heavy atom. The minimum atomic E-state index is -0.375. The van der Waals surface area contributed by atoms with Gasteiger partial charge in [-0.05, 0) is 35.8 Å². The highest BCUT2D eigenvalue weighted by Crippen LogP contribution is 2.23. The third-order valence-electron chi connectivity index (χ3n) is 3.68. The Bertz CT molecular complexity index is 444. The number of nitrogens with two attached hydrogens (primary N) is 1. The lowest BCUT2D eigenvalue weighted by molar-refractivity contribution is -0.122. The van der Waals surface area contributed by atoms with Crippen molar-refractivity contribution in [1.29, 1.82) is 0 Å². The molecule has 1 atom stereocenters. The molecular formula is C15H25N3OS. The van der Waals surface area contributed by atoms with E-state index < -0.39 is 0 Å². The van der Waals surface area contributed by atoms with Crippen LogP contribution in [-0.4, -0.2) is 36.5 Å². The maximum absolute atomic E-state index is 11.8. The van der Waals surface area contributed by atoms with Gasteiger partial charge in [0.05, 0.1) is 6.04 Å². The first-order valence-corrected chi connectivity index (χ1v) is 8.25. The topological polar surface area (TPSA) is 58.4 Å². The van der Waals surface area contributed by atoms with Gasteiger partial charge in [0, 0.05) is 31.1 Å². The van der Waals surface area contributed by atoms with Crippen LogP contribution in [-0.2, 0) is 17.8 Å². The molecule has 0 spiro atoms. The van der Waals surface area contributed by atoms with E-state index in [9.17, 15) is 4.79 Å². The van der Waals surface area contributed by atoms with Crippen LogP contribution in [0.5, 0.6) is 0 Å². The van der Waals surface area contributed by atoms with E-state index in [1.165, 1.54) is 10.4 Å². The number of hydrogen-bond acceptors (Lipinski definition) is 4. The molecule has 1 aliphatic heterocycles. The van der Waals surface area contributed by atoms with Gasteiger partial charge in [0.25, 0.3) is 0 Å². The first kappa shape index (κ1) is 15.5. The van der Waals surface area contributed by atoms with E-state index in [0.717, 1.165) is 32.5 Å². The summed E-state index contributed by atoms with van der Waals surface area (Å²) in [6, 6.07) is 1.84. The van der Waals surface area contributed by atoms with Crippen molar-refractivity contribution in [2.24, 2.45) is 11.7 Å². The second kappa shape index (κ2) is 7.20. The maximum Gasteiger partial charge on any atom is 0.236 e. The number of nitrogens with one attached hydrogen (secondary N) is 1. The summed E-state index contributed by atoms with van der Waals surface area (Å²) in [6.45, 7) is 7.84. The van der Waals surface area contributed by atoms with E-state index in [1.807, 2.05) is 11.3 Å². The minimum Gasteiger partial charge on any atom is -0.353 e. The zero-order valence-corrected chi connectivity index (χ0v) is 13.2. The molecule has 2 rings (SSSR count). The molecule has 0 fully saturated rings. The second-order valence-corrected chi connectivity index (χ2v) is 6.92. The van der Waals surface area contributed by atoms with Crippen LogP contribution < -0.4 is 11.1 Å². The predicted octanol–water partition coefficient (Wildman–Crippen LogP) is 1.60. The van der Waals surface area contributed by atoms with E-state index in [-0.39, 0.29) is 11.9 Å². The lowest BCUT2D eigenvalue weighted by Gasteiger charge is -2.27. The first-order chi connectivity index (χ1) is 9.56. The highest BCUT2D eigenvalue weighted by atomic mass is 32.1. The van der Waals surface area contributed by atoms with Crippen LogP contribution >= 0.6 is 11.3 Å². The molecular weight excluding hydrogens is 270 g/mol. The molecule has 3 N–H and O–H groups in total. The standard InChI is InChI=1S/C15H25N3OS/c1-11(2)9-13(16)15(19)17-5-7-18-6-3-14-12(10-18)4-8-20-14/h4,8,11,13H,3,5-7,9-10,16H2,1-2H3,(H,17,19)/t13-/m0/s1. The van der Waals surface area contributed by atoms with E-state index in [0.29, 0.717) is 12.5 Å². The van der Waals surface area contributed by atoms with Crippen LogP contribution in [0.25, 0.3) is 0 Å². The Kier molecular flexibility index (Phi) is 5.57. The van der Waals surface area contributed by atoms with Crippen molar-refractivity contribution in [2.45, 2.75) is 39.3 Å². The fraction of sp³-hybridized carbons (Fsp3) is 0.667. The summed E-state index contributed by atoms with van der Waals surface area (Å²) in [4.78, 5) is 15.7. The molecule has 0 saturated heterocycles. The Hall–Kier alpha value is -0.910. The van der Waals surface area contributed by atoms with Crippen LogP contribution in [0.1, 0.15) is 30.7 Å². The molecule has 5 heteroatoms. The number of thiophene rings is 1. The summed E-state index contributed by atoms with van der Waals surface area (Å²) >= 11 is 1.85. The van der Waals surface area contributed by atoms with Gasteiger partial charge in [0.2, 0.25) is 5.91 Å². The Morgan fingerprint density at radius 2 is 2.35 bits per heavy atom. The number of amides is 1. The van der Waals surface area contributed by atoms with Crippen LogP contribution in [0.4, 0.5) is 0 Å². The van der Waals surface area contributed by atoms with Gasteiger partial charge < -0.3 is 11.1 Å². The lowest BCUT2D eigenvalue weighted by Crippen LogP contribution is -2.44. The van der Waals surface area contributed by atoms with Crippen molar-refractivity contribution in [3.05, 3.63) is 21.9 Å². The SMILES string of the molecule is CC(C)C[C@H](N)C(=O)NCCN1CCc2sccc2C1. The summed E-state index contributed by atoms with van der Waals surface area (Å²) < 4.78 is 0. The molecule has 0 saturated carbocycles. The van der Waals surface area contributed by atoms with Gasteiger partial charge in [0.15, 0.2) is 0 Å². The van der Waals surface area contributed by atoms with Crippen molar-refractivity contribution in [2.75, 3.05) is 19.6 Å². The highest BCUT2D eigenvalue weighted by molar-refractivity contribution is 7.10.